The largest absolute Gasteiger partial charge is 0.478 e. The van der Waals surface area contributed by atoms with Crippen molar-refractivity contribution in [2.45, 2.75) is 25.1 Å². The van der Waals surface area contributed by atoms with E-state index >= 15 is 0 Å². The van der Waals surface area contributed by atoms with E-state index in [1.807, 2.05) is 36.4 Å². The fourth-order valence-electron chi connectivity index (χ4n) is 1.34. The quantitative estimate of drug-likeness (QED) is 0.556. The first-order valence-corrected chi connectivity index (χ1v) is 6.94. The van der Waals surface area contributed by atoms with E-state index in [4.69, 9.17) is 5.11 Å². The van der Waals surface area contributed by atoms with Gasteiger partial charge in [-0.15, -0.1) is 0 Å². The second-order valence-corrected chi connectivity index (χ2v) is 5.95. The van der Waals surface area contributed by atoms with Gasteiger partial charge in [0.15, 0.2) is 0 Å². The molecule has 0 unspecified atom stereocenters. The summed E-state index contributed by atoms with van der Waals surface area (Å²) < 4.78 is 0.541. The van der Waals surface area contributed by atoms with Crippen molar-refractivity contribution in [1.82, 2.24) is 5.32 Å². The van der Waals surface area contributed by atoms with E-state index in [1.165, 1.54) is 6.07 Å². The predicted molar refractivity (Wildman–Crippen MR) is 81.5 cm³/mol. The Bertz CT molecular complexity index is 476. The van der Waals surface area contributed by atoms with Crippen molar-refractivity contribution in [1.29, 1.82) is 0 Å². The normalized spacial score (nSPS) is 13.8. The zero-order valence-corrected chi connectivity index (χ0v) is 13.0. The van der Waals surface area contributed by atoms with E-state index in [-0.39, 0.29) is 28.3 Å². The molecule has 1 aromatic rings. The summed E-state index contributed by atoms with van der Waals surface area (Å²) in [6.45, 7) is 3.69. The molecule has 0 heterocycles. The third-order valence-electron chi connectivity index (χ3n) is 2.55. The third-order valence-corrected chi connectivity index (χ3v) is 3.90. The maximum absolute atomic E-state index is 12.0. The van der Waals surface area contributed by atoms with E-state index in [9.17, 15) is 9.59 Å². The molecular formula is C12H14INO3S. The van der Waals surface area contributed by atoms with Crippen LogP contribution in [0.5, 0.6) is 0 Å². The molecule has 18 heavy (non-hydrogen) atoms. The molecule has 0 aliphatic heterocycles. The molecule has 2 N–H and O–H groups in total. The fourth-order valence-corrected chi connectivity index (χ4v) is 2.14. The van der Waals surface area contributed by atoms with Gasteiger partial charge in [0.05, 0.1) is 11.1 Å². The molecule has 0 saturated heterocycles. The Morgan fingerprint density at radius 2 is 2.00 bits per heavy atom. The second-order valence-electron chi connectivity index (χ2n) is 3.97. The zero-order chi connectivity index (χ0) is 13.9. The number of carboxylic acid groups (broad SMARTS) is 1. The number of hydrogen-bond donors (Lipinski definition) is 3. The van der Waals surface area contributed by atoms with Crippen molar-refractivity contribution in [3.8, 4) is 0 Å². The van der Waals surface area contributed by atoms with Gasteiger partial charge in [-0.25, -0.2) is 4.79 Å². The van der Waals surface area contributed by atoms with E-state index in [0.29, 0.717) is 3.57 Å². The highest BCUT2D eigenvalue weighted by Gasteiger charge is 2.21. The number of carboxylic acids is 1. The van der Waals surface area contributed by atoms with Crippen LogP contribution in [-0.2, 0) is 0 Å². The molecule has 0 bridgehead atoms. The maximum Gasteiger partial charge on any atom is 0.337 e. The first kappa shape index (κ1) is 15.3. The van der Waals surface area contributed by atoms with Crippen LogP contribution in [0.1, 0.15) is 34.6 Å². The smallest absolute Gasteiger partial charge is 0.337 e. The molecule has 0 radical (unpaired) electrons. The van der Waals surface area contributed by atoms with Gasteiger partial charge < -0.3 is 10.4 Å². The first-order chi connectivity index (χ1) is 8.34. The highest BCUT2D eigenvalue weighted by molar-refractivity contribution is 14.1. The van der Waals surface area contributed by atoms with Crippen LogP contribution in [0.15, 0.2) is 18.2 Å². The summed E-state index contributed by atoms with van der Waals surface area (Å²) in [6.07, 6.45) is 0. The molecule has 6 heteroatoms. The van der Waals surface area contributed by atoms with E-state index in [0.717, 1.165) is 0 Å². The number of aromatic carboxylic acids is 1. The minimum atomic E-state index is -1.10. The molecule has 1 rings (SSSR count). The summed E-state index contributed by atoms with van der Waals surface area (Å²) in [6, 6.07) is 4.69. The van der Waals surface area contributed by atoms with Gasteiger partial charge in [0.2, 0.25) is 0 Å². The monoisotopic (exact) mass is 379 g/mol. The Labute approximate surface area is 125 Å². The van der Waals surface area contributed by atoms with E-state index in [2.05, 4.69) is 17.9 Å². The van der Waals surface area contributed by atoms with Crippen LogP contribution in [0.25, 0.3) is 0 Å². The van der Waals surface area contributed by atoms with E-state index in [1.54, 1.807) is 12.1 Å². The van der Waals surface area contributed by atoms with Gasteiger partial charge in [-0.05, 0) is 41.6 Å². The Morgan fingerprint density at radius 3 is 2.50 bits per heavy atom. The average Bonchev–Trinajstić information content (AvgIpc) is 2.27. The van der Waals surface area contributed by atoms with Crippen LogP contribution in [0.3, 0.4) is 0 Å². The maximum atomic E-state index is 12.0. The number of hydrogen-bond acceptors (Lipinski definition) is 3. The molecule has 2 atom stereocenters. The summed E-state index contributed by atoms with van der Waals surface area (Å²) in [4.78, 5) is 23.2. The summed E-state index contributed by atoms with van der Waals surface area (Å²) in [7, 11) is 0. The van der Waals surface area contributed by atoms with Crippen LogP contribution in [0.4, 0.5) is 0 Å². The van der Waals surface area contributed by atoms with Crippen LogP contribution >= 0.6 is 35.2 Å². The van der Waals surface area contributed by atoms with Crippen molar-refractivity contribution in [3.63, 3.8) is 0 Å². The summed E-state index contributed by atoms with van der Waals surface area (Å²) in [5.74, 6) is -1.49. The van der Waals surface area contributed by atoms with Crippen molar-refractivity contribution in [3.05, 3.63) is 32.9 Å². The number of halogens is 1. The molecule has 0 aliphatic rings. The summed E-state index contributed by atoms with van der Waals surface area (Å²) >= 11 is 6.14. The third kappa shape index (κ3) is 3.61. The van der Waals surface area contributed by atoms with Gasteiger partial charge in [-0.3, -0.25) is 4.79 Å². The molecular weight excluding hydrogens is 365 g/mol. The first-order valence-electron chi connectivity index (χ1n) is 5.35. The van der Waals surface area contributed by atoms with E-state index < -0.39 is 5.97 Å². The summed E-state index contributed by atoms with van der Waals surface area (Å²) in [5.41, 5.74) is 0.213. The number of amides is 1. The lowest BCUT2D eigenvalue weighted by Crippen LogP contribution is -2.38. The van der Waals surface area contributed by atoms with Crippen molar-refractivity contribution in [2.75, 3.05) is 0 Å². The van der Waals surface area contributed by atoms with Crippen LogP contribution in [0, 0.1) is 3.57 Å². The lowest BCUT2D eigenvalue weighted by atomic mass is 10.1. The van der Waals surface area contributed by atoms with Crippen molar-refractivity contribution >= 4 is 47.1 Å². The van der Waals surface area contributed by atoms with Gasteiger partial charge in [0, 0.05) is 14.9 Å². The fraction of sp³-hybridized carbons (Fsp3) is 0.333. The predicted octanol–water partition coefficient (Wildman–Crippen LogP) is 2.43. The Morgan fingerprint density at radius 1 is 1.39 bits per heavy atom. The number of rotatable bonds is 4. The number of nitrogens with one attached hydrogen (secondary N) is 1. The zero-order valence-electron chi connectivity index (χ0n) is 9.98. The highest BCUT2D eigenvalue weighted by atomic mass is 127. The molecule has 4 nitrogen and oxygen atoms in total. The number of thiol groups is 1. The Balaban J connectivity index is 3.06. The van der Waals surface area contributed by atoms with Gasteiger partial charge in [0.25, 0.3) is 5.91 Å². The second kappa shape index (κ2) is 6.42. The van der Waals surface area contributed by atoms with Crippen LogP contribution < -0.4 is 5.32 Å². The average molecular weight is 379 g/mol. The number of carbonyl (C=O) groups is 2. The van der Waals surface area contributed by atoms with Gasteiger partial charge in [0.1, 0.15) is 0 Å². The van der Waals surface area contributed by atoms with Crippen molar-refractivity contribution in [2.24, 2.45) is 0 Å². The van der Waals surface area contributed by atoms with Gasteiger partial charge in [-0.2, -0.15) is 12.6 Å². The molecule has 0 aromatic heterocycles. The number of carbonyl (C=O) groups excluding carboxylic acids is 1. The molecule has 98 valence electrons. The lowest BCUT2D eigenvalue weighted by Gasteiger charge is -2.17. The highest BCUT2D eigenvalue weighted by Crippen LogP contribution is 2.17. The minimum absolute atomic E-state index is 0.00925. The molecule has 0 aliphatic carbocycles. The molecule has 0 saturated carbocycles. The Kier molecular flexibility index (Phi) is 5.46. The SMILES string of the molecule is C[C@H](S)[C@H](C)NC(=O)c1cccc(I)c1C(=O)O. The molecule has 1 aromatic carbocycles. The van der Waals surface area contributed by atoms with Crippen LogP contribution in [0.2, 0.25) is 0 Å². The topological polar surface area (TPSA) is 66.4 Å². The molecule has 0 spiro atoms. The molecule has 1 amide bonds. The number of benzene rings is 1. The minimum Gasteiger partial charge on any atom is -0.478 e. The van der Waals surface area contributed by atoms with Gasteiger partial charge in [-0.1, -0.05) is 13.0 Å². The summed E-state index contributed by atoms with van der Waals surface area (Å²) in [5, 5.41) is 11.9. The molecule has 0 fully saturated rings. The van der Waals surface area contributed by atoms with Crippen molar-refractivity contribution < 1.29 is 14.7 Å². The Hall–Kier alpha value is -0.760. The standard InChI is InChI=1S/C12H14INO3S/c1-6(7(2)18)14-11(15)8-4-3-5-9(13)10(8)12(16)17/h3-7,18H,1-2H3,(H,14,15)(H,16,17)/t6-,7-/m0/s1. The van der Waals surface area contributed by atoms with Gasteiger partial charge >= 0.3 is 5.97 Å². The lowest BCUT2D eigenvalue weighted by molar-refractivity contribution is 0.0689. The van der Waals surface area contributed by atoms with Crippen LogP contribution in [-0.4, -0.2) is 28.3 Å².